The molecule has 0 radical (unpaired) electrons. The van der Waals surface area contributed by atoms with Gasteiger partial charge >= 0.3 is 0 Å². The summed E-state index contributed by atoms with van der Waals surface area (Å²) in [5.74, 6) is -0.668. The molecule has 0 unspecified atom stereocenters. The Labute approximate surface area is 156 Å². The Bertz CT molecular complexity index is 639. The number of carbonyl (C=O) groups is 3. The van der Waals surface area contributed by atoms with Crippen molar-refractivity contribution in [1.82, 2.24) is 15.2 Å². The standard InChI is InChI=1S/C17H25N5O3S/c1-13(19)5-4-9-22(12-23)11-15(24)21-14(6-2-3-7-18)16(25)17-20-8-10-26-17/h4-5,8-10,12,14H,2-3,6-7,11,18-19H2,1H3,(H,21,24)/b9-4-,13-5+/t14-/m0/s1. The number of aromatic nitrogens is 1. The molecule has 1 rings (SSSR count). The first kappa shape index (κ1) is 21.5. The van der Waals surface area contributed by atoms with E-state index < -0.39 is 11.9 Å². The van der Waals surface area contributed by atoms with Crippen molar-refractivity contribution in [3.05, 3.63) is 40.6 Å². The summed E-state index contributed by atoms with van der Waals surface area (Å²) in [5, 5.41) is 4.74. The second kappa shape index (κ2) is 11.9. The van der Waals surface area contributed by atoms with Gasteiger partial charge in [-0.25, -0.2) is 4.98 Å². The number of amides is 2. The Hall–Kier alpha value is -2.52. The Kier molecular flexibility index (Phi) is 9.88. The lowest BCUT2D eigenvalue weighted by molar-refractivity contribution is -0.126. The number of hydrogen-bond donors (Lipinski definition) is 3. The molecule has 26 heavy (non-hydrogen) atoms. The van der Waals surface area contributed by atoms with Crippen LogP contribution in [0.1, 0.15) is 36.0 Å². The van der Waals surface area contributed by atoms with Crippen LogP contribution in [-0.4, -0.2) is 47.1 Å². The van der Waals surface area contributed by atoms with Gasteiger partial charge in [-0.15, -0.1) is 11.3 Å². The van der Waals surface area contributed by atoms with E-state index in [0.29, 0.717) is 36.5 Å². The molecule has 1 aromatic rings. The number of rotatable bonds is 12. The molecule has 0 saturated carbocycles. The third-order valence-corrected chi connectivity index (χ3v) is 4.13. The molecular formula is C17H25N5O3S. The summed E-state index contributed by atoms with van der Waals surface area (Å²) in [6.07, 6.45) is 8.61. The topological polar surface area (TPSA) is 131 Å². The Morgan fingerprint density at radius 1 is 1.42 bits per heavy atom. The van der Waals surface area contributed by atoms with Gasteiger partial charge in [0, 0.05) is 23.5 Å². The summed E-state index contributed by atoms with van der Waals surface area (Å²) in [6, 6.07) is -0.691. The van der Waals surface area contributed by atoms with Crippen molar-refractivity contribution in [2.24, 2.45) is 11.5 Å². The van der Waals surface area contributed by atoms with Crippen molar-refractivity contribution in [3.63, 3.8) is 0 Å². The molecule has 0 aliphatic rings. The van der Waals surface area contributed by atoms with Gasteiger partial charge in [0.15, 0.2) is 5.01 Å². The minimum absolute atomic E-state index is 0.198. The van der Waals surface area contributed by atoms with Crippen LogP contribution in [0.25, 0.3) is 0 Å². The first-order valence-electron chi connectivity index (χ1n) is 8.22. The first-order chi connectivity index (χ1) is 12.5. The van der Waals surface area contributed by atoms with Crippen LogP contribution in [0.4, 0.5) is 0 Å². The van der Waals surface area contributed by atoms with Gasteiger partial charge in [0.25, 0.3) is 0 Å². The van der Waals surface area contributed by atoms with Crippen LogP contribution in [-0.2, 0) is 9.59 Å². The highest BCUT2D eigenvalue weighted by Gasteiger charge is 2.24. The van der Waals surface area contributed by atoms with Crippen molar-refractivity contribution in [1.29, 1.82) is 0 Å². The Morgan fingerprint density at radius 3 is 2.77 bits per heavy atom. The fourth-order valence-corrected chi connectivity index (χ4v) is 2.72. The molecule has 0 aromatic carbocycles. The number of carbonyl (C=O) groups excluding carboxylic acids is 3. The largest absolute Gasteiger partial charge is 0.402 e. The zero-order valence-corrected chi connectivity index (χ0v) is 15.6. The second-order valence-corrected chi connectivity index (χ2v) is 6.53. The number of thiazole rings is 1. The van der Waals surface area contributed by atoms with Gasteiger partial charge in [0.2, 0.25) is 18.1 Å². The van der Waals surface area contributed by atoms with E-state index in [1.165, 1.54) is 22.4 Å². The number of ketones is 1. The van der Waals surface area contributed by atoms with Crippen LogP contribution >= 0.6 is 11.3 Å². The molecule has 5 N–H and O–H groups in total. The number of nitrogens with two attached hydrogens (primary N) is 2. The molecule has 2 amide bonds. The van der Waals surface area contributed by atoms with Gasteiger partial charge in [-0.1, -0.05) is 0 Å². The van der Waals surface area contributed by atoms with Crippen LogP contribution < -0.4 is 16.8 Å². The second-order valence-electron chi connectivity index (χ2n) is 5.64. The van der Waals surface area contributed by atoms with E-state index in [2.05, 4.69) is 10.3 Å². The van der Waals surface area contributed by atoms with Crippen molar-refractivity contribution in [2.75, 3.05) is 13.1 Å². The monoisotopic (exact) mass is 379 g/mol. The average Bonchev–Trinajstić information content (AvgIpc) is 3.13. The van der Waals surface area contributed by atoms with E-state index in [0.717, 1.165) is 6.42 Å². The van der Waals surface area contributed by atoms with E-state index in [-0.39, 0.29) is 12.3 Å². The molecule has 1 heterocycles. The quantitative estimate of drug-likeness (QED) is 0.213. The average molecular weight is 379 g/mol. The van der Waals surface area contributed by atoms with Crippen LogP contribution in [0.15, 0.2) is 35.6 Å². The summed E-state index contributed by atoms with van der Waals surface area (Å²) in [7, 11) is 0. The minimum atomic E-state index is -0.691. The molecule has 0 aliphatic heterocycles. The highest BCUT2D eigenvalue weighted by molar-refractivity contribution is 7.11. The highest BCUT2D eigenvalue weighted by atomic mass is 32.1. The van der Waals surface area contributed by atoms with E-state index in [1.807, 2.05) is 0 Å². The zero-order chi connectivity index (χ0) is 19.4. The molecule has 0 spiro atoms. The van der Waals surface area contributed by atoms with Gasteiger partial charge < -0.3 is 21.7 Å². The molecule has 0 saturated heterocycles. The maximum absolute atomic E-state index is 12.5. The maximum atomic E-state index is 12.5. The molecule has 1 aromatic heterocycles. The lowest BCUT2D eigenvalue weighted by Gasteiger charge is -2.18. The van der Waals surface area contributed by atoms with Crippen molar-refractivity contribution in [3.8, 4) is 0 Å². The molecule has 9 heteroatoms. The lowest BCUT2D eigenvalue weighted by atomic mass is 10.1. The van der Waals surface area contributed by atoms with Crippen molar-refractivity contribution >= 4 is 29.4 Å². The number of allylic oxidation sites excluding steroid dienone is 3. The van der Waals surface area contributed by atoms with Gasteiger partial charge in [-0.3, -0.25) is 14.4 Å². The van der Waals surface area contributed by atoms with Crippen LogP contribution in [0.5, 0.6) is 0 Å². The van der Waals surface area contributed by atoms with E-state index >= 15 is 0 Å². The fraction of sp³-hybridized carbons (Fsp3) is 0.412. The summed E-state index contributed by atoms with van der Waals surface area (Å²) in [5.41, 5.74) is 11.6. The Balaban J connectivity index is 2.71. The summed E-state index contributed by atoms with van der Waals surface area (Å²) in [4.78, 5) is 41.0. The number of nitrogens with one attached hydrogen (secondary N) is 1. The number of hydrogen-bond acceptors (Lipinski definition) is 7. The molecule has 8 nitrogen and oxygen atoms in total. The molecule has 142 valence electrons. The lowest BCUT2D eigenvalue weighted by Crippen LogP contribution is -2.44. The van der Waals surface area contributed by atoms with Crippen molar-refractivity contribution in [2.45, 2.75) is 32.2 Å². The zero-order valence-electron chi connectivity index (χ0n) is 14.8. The van der Waals surface area contributed by atoms with E-state index in [4.69, 9.17) is 11.5 Å². The number of unbranched alkanes of at least 4 members (excludes halogenated alkanes) is 1. The molecule has 0 aliphatic carbocycles. The molecular weight excluding hydrogens is 354 g/mol. The first-order valence-corrected chi connectivity index (χ1v) is 9.10. The molecule has 0 fully saturated rings. The van der Waals surface area contributed by atoms with Gasteiger partial charge in [-0.05, 0) is 44.9 Å². The third kappa shape index (κ3) is 8.04. The minimum Gasteiger partial charge on any atom is -0.402 e. The SMILES string of the molecule is C/C(N)=C\C=C/N(C=O)CC(=O)N[C@@H](CCCCN)C(=O)c1nccs1. The maximum Gasteiger partial charge on any atom is 0.240 e. The summed E-state index contributed by atoms with van der Waals surface area (Å²) >= 11 is 1.23. The normalized spacial score (nSPS) is 12.8. The molecule has 1 atom stereocenters. The van der Waals surface area contributed by atoms with Gasteiger partial charge in [-0.2, -0.15) is 0 Å². The smallest absolute Gasteiger partial charge is 0.240 e. The highest BCUT2D eigenvalue weighted by Crippen LogP contribution is 2.12. The van der Waals surface area contributed by atoms with Gasteiger partial charge in [0.1, 0.15) is 6.54 Å². The number of Topliss-reactive ketones (excluding diaryl/α,β-unsaturated/α-hetero) is 1. The summed E-state index contributed by atoms with van der Waals surface area (Å²) in [6.45, 7) is 2.03. The van der Waals surface area contributed by atoms with Crippen molar-refractivity contribution < 1.29 is 14.4 Å². The fourth-order valence-electron chi connectivity index (χ4n) is 2.09. The van der Waals surface area contributed by atoms with Crippen LogP contribution in [0, 0.1) is 0 Å². The van der Waals surface area contributed by atoms with Crippen LogP contribution in [0.3, 0.4) is 0 Å². The summed E-state index contributed by atoms with van der Waals surface area (Å²) < 4.78 is 0. The van der Waals surface area contributed by atoms with Crippen LogP contribution in [0.2, 0.25) is 0 Å². The van der Waals surface area contributed by atoms with Gasteiger partial charge in [0.05, 0.1) is 6.04 Å². The number of nitrogens with zero attached hydrogens (tertiary/aromatic N) is 2. The predicted octanol–water partition coefficient (Wildman–Crippen LogP) is 0.774. The third-order valence-electron chi connectivity index (χ3n) is 3.34. The Morgan fingerprint density at radius 2 is 2.19 bits per heavy atom. The molecule has 0 bridgehead atoms. The van der Waals surface area contributed by atoms with E-state index in [9.17, 15) is 14.4 Å². The van der Waals surface area contributed by atoms with E-state index in [1.54, 1.807) is 30.7 Å². The predicted molar refractivity (Wildman–Crippen MR) is 101 cm³/mol.